The van der Waals surface area contributed by atoms with Gasteiger partial charge in [0.1, 0.15) is 0 Å². The Morgan fingerprint density at radius 1 is 1.24 bits per heavy atom. The monoisotopic (exact) mass is 239 g/mol. The largest absolute Gasteiger partial charge is 0.326 e. The van der Waals surface area contributed by atoms with Crippen molar-refractivity contribution in [2.75, 3.05) is 26.7 Å². The Balaban J connectivity index is 2.04. The fourth-order valence-electron chi connectivity index (χ4n) is 3.58. The van der Waals surface area contributed by atoms with Gasteiger partial charge in [0, 0.05) is 37.8 Å². The van der Waals surface area contributed by atoms with Gasteiger partial charge < -0.3 is 10.6 Å². The minimum absolute atomic E-state index is 0.383. The summed E-state index contributed by atoms with van der Waals surface area (Å²) in [7, 11) is 2.22. The Morgan fingerprint density at radius 2 is 1.94 bits per heavy atom. The zero-order valence-electron chi connectivity index (χ0n) is 11.9. The number of likely N-dealkylation sites (N-methyl/N-ethyl adjacent to an activating group) is 1. The number of rotatable bonds is 1. The molecular formula is C14H29N3. The molecule has 0 aromatic carbocycles. The first-order valence-corrected chi connectivity index (χ1v) is 7.09. The molecule has 100 valence electrons. The summed E-state index contributed by atoms with van der Waals surface area (Å²) in [5, 5.41) is 0. The summed E-state index contributed by atoms with van der Waals surface area (Å²) in [5.41, 5.74) is 6.85. The van der Waals surface area contributed by atoms with Crippen LogP contribution >= 0.6 is 0 Å². The minimum atomic E-state index is 0.383. The fourth-order valence-corrected chi connectivity index (χ4v) is 3.58. The van der Waals surface area contributed by atoms with Crippen molar-refractivity contribution in [2.45, 2.75) is 58.2 Å². The molecule has 1 aliphatic heterocycles. The number of piperazine rings is 1. The number of hydrogen-bond donors (Lipinski definition) is 1. The van der Waals surface area contributed by atoms with Gasteiger partial charge in [-0.2, -0.15) is 0 Å². The van der Waals surface area contributed by atoms with Crippen LogP contribution in [0.3, 0.4) is 0 Å². The summed E-state index contributed by atoms with van der Waals surface area (Å²) in [6.07, 6.45) is 3.74. The highest BCUT2D eigenvalue weighted by Gasteiger charge is 2.38. The summed E-state index contributed by atoms with van der Waals surface area (Å²) < 4.78 is 0. The first-order chi connectivity index (χ1) is 7.89. The normalized spacial score (nSPS) is 40.4. The quantitative estimate of drug-likeness (QED) is 0.753. The molecule has 1 saturated heterocycles. The number of hydrogen-bond acceptors (Lipinski definition) is 3. The highest BCUT2D eigenvalue weighted by Crippen LogP contribution is 2.37. The second-order valence-electron chi connectivity index (χ2n) is 6.99. The van der Waals surface area contributed by atoms with Crippen molar-refractivity contribution >= 4 is 0 Å². The van der Waals surface area contributed by atoms with Crippen LogP contribution in [0.2, 0.25) is 0 Å². The molecule has 1 aliphatic carbocycles. The Kier molecular flexibility index (Phi) is 3.81. The Bertz CT molecular complexity index is 264. The van der Waals surface area contributed by atoms with Gasteiger partial charge in [-0.15, -0.1) is 0 Å². The number of nitrogens with zero attached hydrogens (tertiary/aromatic N) is 2. The SMILES string of the molecule is CC1CN(C)CCN1C1CC(C)(C)CCC1N. The van der Waals surface area contributed by atoms with Gasteiger partial charge in [0.15, 0.2) is 0 Å². The van der Waals surface area contributed by atoms with E-state index in [0.29, 0.717) is 23.5 Å². The van der Waals surface area contributed by atoms with E-state index in [0.717, 1.165) is 0 Å². The minimum Gasteiger partial charge on any atom is -0.326 e. The summed E-state index contributed by atoms with van der Waals surface area (Å²) in [5.74, 6) is 0. The lowest BCUT2D eigenvalue weighted by molar-refractivity contribution is 0.0108. The zero-order valence-corrected chi connectivity index (χ0v) is 11.9. The van der Waals surface area contributed by atoms with E-state index in [2.05, 4.69) is 37.6 Å². The van der Waals surface area contributed by atoms with Crippen molar-refractivity contribution < 1.29 is 0 Å². The van der Waals surface area contributed by atoms with Crippen LogP contribution in [-0.2, 0) is 0 Å². The lowest BCUT2D eigenvalue weighted by atomic mass is 9.72. The summed E-state index contributed by atoms with van der Waals surface area (Å²) >= 11 is 0. The summed E-state index contributed by atoms with van der Waals surface area (Å²) in [6, 6.07) is 1.63. The standard InChI is InChI=1S/C14H29N3/c1-11-10-16(4)7-8-17(11)13-9-14(2,3)6-5-12(13)15/h11-13H,5-10,15H2,1-4H3. The highest BCUT2D eigenvalue weighted by atomic mass is 15.3. The molecule has 1 saturated carbocycles. The third-order valence-corrected chi connectivity index (χ3v) is 4.72. The molecule has 2 fully saturated rings. The topological polar surface area (TPSA) is 32.5 Å². The third kappa shape index (κ3) is 3.01. The Morgan fingerprint density at radius 3 is 2.59 bits per heavy atom. The van der Waals surface area contributed by atoms with E-state index in [-0.39, 0.29) is 0 Å². The molecule has 3 unspecified atom stereocenters. The fraction of sp³-hybridized carbons (Fsp3) is 1.00. The third-order valence-electron chi connectivity index (χ3n) is 4.72. The summed E-state index contributed by atoms with van der Waals surface area (Å²) in [4.78, 5) is 5.10. The zero-order chi connectivity index (χ0) is 12.6. The molecule has 0 amide bonds. The maximum atomic E-state index is 6.37. The average Bonchev–Trinajstić information content (AvgIpc) is 2.22. The van der Waals surface area contributed by atoms with Crippen LogP contribution < -0.4 is 5.73 Å². The van der Waals surface area contributed by atoms with Gasteiger partial charge in [0.05, 0.1) is 0 Å². The van der Waals surface area contributed by atoms with Crippen molar-refractivity contribution in [3.8, 4) is 0 Å². The van der Waals surface area contributed by atoms with Crippen molar-refractivity contribution in [3.05, 3.63) is 0 Å². The van der Waals surface area contributed by atoms with Crippen LogP contribution in [0.5, 0.6) is 0 Å². The molecule has 2 N–H and O–H groups in total. The maximum Gasteiger partial charge on any atom is 0.0256 e. The van der Waals surface area contributed by atoms with Crippen molar-refractivity contribution in [1.82, 2.24) is 9.80 Å². The molecule has 3 atom stereocenters. The van der Waals surface area contributed by atoms with E-state index in [9.17, 15) is 0 Å². The van der Waals surface area contributed by atoms with Crippen LogP contribution in [0.1, 0.15) is 40.0 Å². The van der Waals surface area contributed by atoms with E-state index >= 15 is 0 Å². The van der Waals surface area contributed by atoms with Gasteiger partial charge in [-0.1, -0.05) is 13.8 Å². The molecule has 0 spiro atoms. The Labute approximate surface area is 106 Å². The first kappa shape index (κ1) is 13.3. The van der Waals surface area contributed by atoms with Crippen LogP contribution in [0, 0.1) is 5.41 Å². The summed E-state index contributed by atoms with van der Waals surface area (Å²) in [6.45, 7) is 10.7. The van der Waals surface area contributed by atoms with Crippen molar-refractivity contribution in [3.63, 3.8) is 0 Å². The smallest absolute Gasteiger partial charge is 0.0256 e. The molecule has 3 heteroatoms. The van der Waals surface area contributed by atoms with E-state index in [1.807, 2.05) is 0 Å². The van der Waals surface area contributed by atoms with Crippen molar-refractivity contribution in [1.29, 1.82) is 0 Å². The van der Waals surface area contributed by atoms with E-state index in [4.69, 9.17) is 5.73 Å². The molecule has 0 aromatic rings. The second-order valence-corrected chi connectivity index (χ2v) is 6.99. The van der Waals surface area contributed by atoms with Crippen LogP contribution in [0.25, 0.3) is 0 Å². The van der Waals surface area contributed by atoms with E-state index < -0.39 is 0 Å². The van der Waals surface area contributed by atoms with Gasteiger partial charge >= 0.3 is 0 Å². The van der Waals surface area contributed by atoms with Crippen LogP contribution in [0.4, 0.5) is 0 Å². The van der Waals surface area contributed by atoms with Gasteiger partial charge in [0.2, 0.25) is 0 Å². The molecule has 3 nitrogen and oxygen atoms in total. The predicted molar refractivity (Wildman–Crippen MR) is 73.1 cm³/mol. The van der Waals surface area contributed by atoms with Crippen LogP contribution in [0.15, 0.2) is 0 Å². The molecule has 0 aromatic heterocycles. The molecule has 2 aliphatic rings. The first-order valence-electron chi connectivity index (χ1n) is 7.09. The second kappa shape index (κ2) is 4.87. The highest BCUT2D eigenvalue weighted by molar-refractivity contribution is 4.95. The van der Waals surface area contributed by atoms with Gasteiger partial charge in [-0.05, 0) is 38.6 Å². The molecule has 17 heavy (non-hydrogen) atoms. The molecule has 0 bridgehead atoms. The van der Waals surface area contributed by atoms with Crippen molar-refractivity contribution in [2.24, 2.45) is 11.1 Å². The van der Waals surface area contributed by atoms with E-state index in [1.165, 1.54) is 38.9 Å². The molecule has 2 rings (SSSR count). The van der Waals surface area contributed by atoms with Gasteiger partial charge in [0.25, 0.3) is 0 Å². The predicted octanol–water partition coefficient (Wildman–Crippen LogP) is 1.53. The van der Waals surface area contributed by atoms with Gasteiger partial charge in [-0.25, -0.2) is 0 Å². The molecule has 0 radical (unpaired) electrons. The molecular weight excluding hydrogens is 210 g/mol. The Hall–Kier alpha value is -0.120. The lowest BCUT2D eigenvalue weighted by Gasteiger charge is -2.49. The number of nitrogens with two attached hydrogens (primary N) is 1. The van der Waals surface area contributed by atoms with Gasteiger partial charge in [-0.3, -0.25) is 4.90 Å². The van der Waals surface area contributed by atoms with Crippen LogP contribution in [-0.4, -0.2) is 54.6 Å². The lowest BCUT2D eigenvalue weighted by Crippen LogP contribution is -2.61. The van der Waals surface area contributed by atoms with E-state index in [1.54, 1.807) is 0 Å². The molecule has 1 heterocycles. The average molecular weight is 239 g/mol. The maximum absolute atomic E-state index is 6.37.